The van der Waals surface area contributed by atoms with E-state index in [0.717, 1.165) is 39.6 Å². The molecule has 2 aliphatic heterocycles. The molecule has 0 fully saturated rings. The summed E-state index contributed by atoms with van der Waals surface area (Å²) < 4.78 is 7.15. The zero-order valence-corrected chi connectivity index (χ0v) is 22.5. The first-order chi connectivity index (χ1) is 19.6. The Balaban J connectivity index is 1.47. The number of amidine groups is 2. The number of benzene rings is 3. The standard InChI is InChI=1S/C31H24ClN7O/c1-19-27-28(20-10-12-21(32)13-11-20)38-25-8-4-3-7-24(25)35-29(34-22-14-16-23(40-2)17-15-22)31(38)36-30(27)39(37-19)26-9-5-6-18-33-26/h3-18,28H,1-2H3,(H,34,35). The van der Waals surface area contributed by atoms with Crippen LogP contribution in [0.3, 0.4) is 0 Å². The average Bonchev–Trinajstić information content (AvgIpc) is 3.33. The van der Waals surface area contributed by atoms with E-state index >= 15 is 0 Å². The van der Waals surface area contributed by atoms with E-state index in [2.05, 4.69) is 33.4 Å². The summed E-state index contributed by atoms with van der Waals surface area (Å²) in [5.41, 5.74) is 5.59. The second kappa shape index (κ2) is 9.66. The van der Waals surface area contributed by atoms with Crippen molar-refractivity contribution in [2.24, 2.45) is 9.98 Å². The summed E-state index contributed by atoms with van der Waals surface area (Å²) in [6.45, 7) is 2.02. The van der Waals surface area contributed by atoms with Gasteiger partial charge in [0.1, 0.15) is 5.75 Å². The highest BCUT2D eigenvalue weighted by atomic mass is 35.5. The molecule has 0 aliphatic carbocycles. The van der Waals surface area contributed by atoms with Gasteiger partial charge in [0.25, 0.3) is 0 Å². The molecule has 0 radical (unpaired) electrons. The van der Waals surface area contributed by atoms with Crippen molar-refractivity contribution >= 4 is 46.2 Å². The van der Waals surface area contributed by atoms with E-state index in [9.17, 15) is 0 Å². The Kier molecular flexibility index (Phi) is 5.82. The number of aromatic nitrogens is 3. The van der Waals surface area contributed by atoms with Crippen LogP contribution in [0.2, 0.25) is 5.02 Å². The molecule has 7 rings (SSSR count). The lowest BCUT2D eigenvalue weighted by Crippen LogP contribution is -2.46. The Bertz CT molecular complexity index is 1780. The summed E-state index contributed by atoms with van der Waals surface area (Å²) in [5.74, 6) is 3.49. The normalized spacial score (nSPS) is 15.4. The highest BCUT2D eigenvalue weighted by Gasteiger charge is 2.41. The number of aliphatic imine (C=N–C) groups is 2. The van der Waals surface area contributed by atoms with E-state index in [4.69, 9.17) is 31.4 Å². The number of nitrogens with zero attached hydrogens (tertiary/aromatic N) is 6. The van der Waals surface area contributed by atoms with E-state index < -0.39 is 0 Å². The Labute approximate surface area is 236 Å². The molecule has 0 bridgehead atoms. The van der Waals surface area contributed by atoms with Gasteiger partial charge in [0, 0.05) is 22.5 Å². The van der Waals surface area contributed by atoms with E-state index in [-0.39, 0.29) is 6.04 Å². The molecule has 0 spiro atoms. The third-order valence-corrected chi connectivity index (χ3v) is 7.30. The SMILES string of the molecule is COc1ccc(NC2=Nc3ccccc3N3C2=Nc2c(c(C)nn2-c2ccccn2)C3c2ccc(Cl)cc2)cc1. The van der Waals surface area contributed by atoms with Crippen LogP contribution in [0.15, 0.2) is 107 Å². The molecule has 0 saturated carbocycles. The number of rotatable bonds is 4. The van der Waals surface area contributed by atoms with Crippen LogP contribution in [-0.2, 0) is 0 Å². The lowest BCUT2D eigenvalue weighted by atomic mass is 9.93. The maximum Gasteiger partial charge on any atom is 0.179 e. The van der Waals surface area contributed by atoms with Crippen molar-refractivity contribution in [1.82, 2.24) is 14.8 Å². The number of fused-ring (bicyclic) bond motifs is 4. The van der Waals surface area contributed by atoms with Crippen LogP contribution in [0.25, 0.3) is 5.82 Å². The molecule has 1 unspecified atom stereocenters. The molecule has 1 N–H and O–H groups in total. The monoisotopic (exact) mass is 545 g/mol. The van der Waals surface area contributed by atoms with Crippen molar-refractivity contribution < 1.29 is 4.74 Å². The minimum atomic E-state index is -0.235. The summed E-state index contributed by atoms with van der Waals surface area (Å²) in [7, 11) is 1.65. The van der Waals surface area contributed by atoms with Crippen LogP contribution >= 0.6 is 11.6 Å². The number of para-hydroxylation sites is 2. The van der Waals surface area contributed by atoms with Crippen molar-refractivity contribution in [2.45, 2.75) is 13.0 Å². The van der Waals surface area contributed by atoms with Gasteiger partial charge < -0.3 is 15.0 Å². The second-order valence-corrected chi connectivity index (χ2v) is 9.92. The number of hydrogen-bond donors (Lipinski definition) is 1. The van der Waals surface area contributed by atoms with Gasteiger partial charge in [0.05, 0.1) is 30.2 Å². The molecule has 3 aromatic carbocycles. The summed E-state index contributed by atoms with van der Waals surface area (Å²) in [6, 6.07) is 29.3. The van der Waals surface area contributed by atoms with Crippen molar-refractivity contribution in [3.05, 3.63) is 119 Å². The van der Waals surface area contributed by atoms with Crippen LogP contribution in [0.4, 0.5) is 22.9 Å². The molecule has 5 aromatic rings. The zero-order chi connectivity index (χ0) is 27.2. The lowest BCUT2D eigenvalue weighted by Gasteiger charge is -2.40. The Morgan fingerprint density at radius 3 is 2.40 bits per heavy atom. The molecule has 9 heteroatoms. The fourth-order valence-corrected chi connectivity index (χ4v) is 5.33. The minimum absolute atomic E-state index is 0.235. The first-order valence-electron chi connectivity index (χ1n) is 12.8. The van der Waals surface area contributed by atoms with Gasteiger partial charge in [-0.1, -0.05) is 41.9 Å². The molecule has 0 amide bonds. The van der Waals surface area contributed by atoms with Crippen LogP contribution in [0.1, 0.15) is 22.9 Å². The van der Waals surface area contributed by atoms with Gasteiger partial charge in [-0.05, 0) is 73.2 Å². The van der Waals surface area contributed by atoms with E-state index in [1.54, 1.807) is 13.3 Å². The molecule has 0 saturated heterocycles. The number of hydrogen-bond acceptors (Lipinski definition) is 7. The first kappa shape index (κ1) is 24.1. The predicted octanol–water partition coefficient (Wildman–Crippen LogP) is 7.03. The largest absolute Gasteiger partial charge is 0.497 e. The van der Waals surface area contributed by atoms with E-state index in [0.29, 0.717) is 28.3 Å². The van der Waals surface area contributed by atoms with Crippen molar-refractivity contribution in [3.8, 4) is 11.6 Å². The highest BCUT2D eigenvalue weighted by Crippen LogP contribution is 2.48. The summed E-state index contributed by atoms with van der Waals surface area (Å²) >= 11 is 6.32. The van der Waals surface area contributed by atoms with Gasteiger partial charge >= 0.3 is 0 Å². The van der Waals surface area contributed by atoms with Crippen LogP contribution in [-0.4, -0.2) is 33.5 Å². The molecule has 8 nitrogen and oxygen atoms in total. The third kappa shape index (κ3) is 4.01. The molecule has 1 atom stereocenters. The number of anilines is 2. The van der Waals surface area contributed by atoms with Crippen molar-refractivity contribution in [2.75, 3.05) is 17.3 Å². The Morgan fingerprint density at radius 1 is 0.875 bits per heavy atom. The summed E-state index contributed by atoms with van der Waals surface area (Å²) in [6.07, 6.45) is 1.76. The number of ether oxygens (including phenoxy) is 1. The molecule has 40 heavy (non-hydrogen) atoms. The fraction of sp³-hybridized carbons (Fsp3) is 0.0968. The van der Waals surface area contributed by atoms with Crippen LogP contribution in [0.5, 0.6) is 5.75 Å². The van der Waals surface area contributed by atoms with Gasteiger partial charge in [-0.2, -0.15) is 9.78 Å². The average molecular weight is 546 g/mol. The predicted molar refractivity (Wildman–Crippen MR) is 159 cm³/mol. The van der Waals surface area contributed by atoms with Gasteiger partial charge in [0.15, 0.2) is 23.3 Å². The quantitative estimate of drug-likeness (QED) is 0.262. The molecule has 2 aromatic heterocycles. The maximum absolute atomic E-state index is 6.32. The summed E-state index contributed by atoms with van der Waals surface area (Å²) in [4.78, 5) is 17.1. The number of methoxy groups -OCH3 is 1. The van der Waals surface area contributed by atoms with Crippen LogP contribution in [0, 0.1) is 6.92 Å². The van der Waals surface area contributed by atoms with Gasteiger partial charge in [-0.3, -0.25) is 0 Å². The zero-order valence-electron chi connectivity index (χ0n) is 21.8. The Hall–Kier alpha value is -4.95. The van der Waals surface area contributed by atoms with Gasteiger partial charge in [0.2, 0.25) is 0 Å². The smallest absolute Gasteiger partial charge is 0.179 e. The van der Waals surface area contributed by atoms with Crippen LogP contribution < -0.4 is 15.0 Å². The summed E-state index contributed by atoms with van der Waals surface area (Å²) in [5, 5.41) is 9.10. The number of nitrogens with one attached hydrogen (secondary N) is 1. The molecular weight excluding hydrogens is 522 g/mol. The Morgan fingerprint density at radius 2 is 1.65 bits per heavy atom. The highest BCUT2D eigenvalue weighted by molar-refractivity contribution is 6.51. The lowest BCUT2D eigenvalue weighted by molar-refractivity contribution is 0.415. The fourth-order valence-electron chi connectivity index (χ4n) is 5.21. The number of pyridine rings is 1. The van der Waals surface area contributed by atoms with Gasteiger partial charge in [-0.25, -0.2) is 15.0 Å². The minimum Gasteiger partial charge on any atom is -0.497 e. The third-order valence-electron chi connectivity index (χ3n) is 7.04. The van der Waals surface area contributed by atoms with Crippen molar-refractivity contribution in [3.63, 3.8) is 0 Å². The maximum atomic E-state index is 6.32. The molecule has 4 heterocycles. The van der Waals surface area contributed by atoms with E-state index in [1.165, 1.54) is 0 Å². The van der Waals surface area contributed by atoms with Gasteiger partial charge in [-0.15, -0.1) is 0 Å². The topological polar surface area (TPSA) is 79.9 Å². The molecular formula is C31H24ClN7O. The number of aryl methyl sites for hydroxylation is 1. The number of halogens is 1. The molecule has 2 aliphatic rings. The first-order valence-corrected chi connectivity index (χ1v) is 13.2. The second-order valence-electron chi connectivity index (χ2n) is 9.48. The van der Waals surface area contributed by atoms with Crippen molar-refractivity contribution in [1.29, 1.82) is 0 Å². The van der Waals surface area contributed by atoms with E-state index in [1.807, 2.05) is 84.4 Å². The molecule has 196 valence electrons.